The lowest BCUT2D eigenvalue weighted by Gasteiger charge is -2.51. The van der Waals surface area contributed by atoms with E-state index in [0.29, 0.717) is 5.41 Å². The van der Waals surface area contributed by atoms with E-state index in [9.17, 15) is 5.11 Å². The molecule has 0 saturated heterocycles. The van der Waals surface area contributed by atoms with Crippen LogP contribution < -0.4 is 0 Å². The van der Waals surface area contributed by atoms with Crippen LogP contribution in [0.3, 0.4) is 0 Å². The van der Waals surface area contributed by atoms with Crippen LogP contribution in [0.25, 0.3) is 0 Å². The lowest BCUT2D eigenvalue weighted by atomic mass is 9.57. The Hall–Kier alpha value is -0.0400. The van der Waals surface area contributed by atoms with Crippen molar-refractivity contribution in [2.45, 2.75) is 63.9 Å². The van der Waals surface area contributed by atoms with Crippen LogP contribution >= 0.6 is 0 Å². The Bertz CT molecular complexity index is 149. The molecular formula is C11H20O. The molecule has 1 heteroatoms. The summed E-state index contributed by atoms with van der Waals surface area (Å²) in [6, 6.07) is 0. The molecule has 3 saturated carbocycles. The molecular weight excluding hydrogens is 148 g/mol. The number of hydrogen-bond donors (Lipinski definition) is 1. The van der Waals surface area contributed by atoms with Gasteiger partial charge in [-0.05, 0) is 50.4 Å². The Balaban J connectivity index is 2.04. The van der Waals surface area contributed by atoms with Gasteiger partial charge in [-0.3, -0.25) is 0 Å². The van der Waals surface area contributed by atoms with Gasteiger partial charge in [-0.1, -0.05) is 13.3 Å². The zero-order valence-corrected chi connectivity index (χ0v) is 8.10. The molecule has 0 heterocycles. The van der Waals surface area contributed by atoms with E-state index in [1.54, 1.807) is 0 Å². The van der Waals surface area contributed by atoms with Gasteiger partial charge < -0.3 is 5.11 Å². The van der Waals surface area contributed by atoms with Crippen LogP contribution in [0.15, 0.2) is 0 Å². The molecule has 3 aliphatic carbocycles. The van der Waals surface area contributed by atoms with Gasteiger partial charge in [0, 0.05) is 0 Å². The smallest absolute Gasteiger partial charge is 0.0648 e. The molecule has 3 aliphatic rings. The van der Waals surface area contributed by atoms with Crippen LogP contribution in [0.2, 0.25) is 0 Å². The largest absolute Gasteiger partial charge is 0.390 e. The Morgan fingerprint density at radius 2 is 1.50 bits per heavy atom. The van der Waals surface area contributed by atoms with Crippen LogP contribution in [0.5, 0.6) is 0 Å². The van der Waals surface area contributed by atoms with Crippen LogP contribution in [0.1, 0.15) is 58.3 Å². The molecule has 0 unspecified atom stereocenters. The highest BCUT2D eigenvalue weighted by Crippen LogP contribution is 2.54. The van der Waals surface area contributed by atoms with E-state index >= 15 is 0 Å². The first-order valence-electron chi connectivity index (χ1n) is 5.41. The Kier molecular flexibility index (Phi) is 1.95. The van der Waals surface area contributed by atoms with E-state index < -0.39 is 0 Å². The minimum atomic E-state index is -0.241. The fourth-order valence-corrected chi connectivity index (χ4v) is 3.15. The monoisotopic (exact) mass is 168 g/mol. The molecule has 3 rings (SSSR count). The Morgan fingerprint density at radius 1 is 1.00 bits per heavy atom. The normalized spacial score (nSPS) is 46.5. The van der Waals surface area contributed by atoms with Gasteiger partial charge in [0.2, 0.25) is 0 Å². The van der Waals surface area contributed by atoms with Crippen molar-refractivity contribution in [3.63, 3.8) is 0 Å². The molecule has 0 radical (unpaired) electrons. The summed E-state index contributed by atoms with van der Waals surface area (Å²) in [6.07, 6.45) is 9.81. The fraction of sp³-hybridized carbons (Fsp3) is 1.00. The third kappa shape index (κ3) is 1.28. The standard InChI is InChI=1S/C11H20O/c1-2-3-10-4-7-11(12,8-5-10)9-6-10/h12H,2-9H2,1H3. The topological polar surface area (TPSA) is 20.2 Å². The Morgan fingerprint density at radius 3 is 1.92 bits per heavy atom. The van der Waals surface area contributed by atoms with Gasteiger partial charge in [0.05, 0.1) is 5.60 Å². The molecule has 0 aromatic rings. The molecule has 0 amide bonds. The number of hydrogen-bond acceptors (Lipinski definition) is 1. The maximum absolute atomic E-state index is 10.0. The van der Waals surface area contributed by atoms with Gasteiger partial charge in [-0.25, -0.2) is 0 Å². The molecule has 0 aromatic carbocycles. The second-order valence-corrected chi connectivity index (χ2v) is 4.97. The van der Waals surface area contributed by atoms with Gasteiger partial charge in [-0.2, -0.15) is 0 Å². The van der Waals surface area contributed by atoms with Gasteiger partial charge in [0.15, 0.2) is 0 Å². The molecule has 0 atom stereocenters. The molecule has 0 aliphatic heterocycles. The number of rotatable bonds is 2. The lowest BCUT2D eigenvalue weighted by Crippen LogP contribution is -2.45. The highest BCUT2D eigenvalue weighted by molar-refractivity contribution is 4.99. The average Bonchev–Trinajstić information content (AvgIpc) is 2.08. The maximum Gasteiger partial charge on any atom is 0.0648 e. The first-order valence-corrected chi connectivity index (χ1v) is 5.41. The molecule has 0 spiro atoms. The van der Waals surface area contributed by atoms with Crippen molar-refractivity contribution in [3.8, 4) is 0 Å². The first kappa shape index (κ1) is 8.55. The summed E-state index contributed by atoms with van der Waals surface area (Å²) in [7, 11) is 0. The minimum Gasteiger partial charge on any atom is -0.390 e. The van der Waals surface area contributed by atoms with Gasteiger partial charge in [0.25, 0.3) is 0 Å². The zero-order valence-electron chi connectivity index (χ0n) is 8.10. The summed E-state index contributed by atoms with van der Waals surface area (Å²) in [5.41, 5.74) is 0.411. The van der Waals surface area contributed by atoms with E-state index in [-0.39, 0.29) is 5.60 Å². The molecule has 70 valence electrons. The molecule has 1 N–H and O–H groups in total. The van der Waals surface area contributed by atoms with Gasteiger partial charge in [0.1, 0.15) is 0 Å². The second kappa shape index (κ2) is 2.73. The maximum atomic E-state index is 10.0. The van der Waals surface area contributed by atoms with Crippen LogP contribution in [0, 0.1) is 5.41 Å². The lowest BCUT2D eigenvalue weighted by molar-refractivity contribution is -0.0944. The molecule has 1 nitrogen and oxygen atoms in total. The van der Waals surface area contributed by atoms with Crippen molar-refractivity contribution in [1.82, 2.24) is 0 Å². The average molecular weight is 168 g/mol. The fourth-order valence-electron chi connectivity index (χ4n) is 3.15. The number of fused-ring (bicyclic) bond motifs is 3. The van der Waals surface area contributed by atoms with E-state index in [0.717, 1.165) is 19.3 Å². The van der Waals surface area contributed by atoms with E-state index in [1.807, 2.05) is 0 Å². The van der Waals surface area contributed by atoms with E-state index in [4.69, 9.17) is 0 Å². The quantitative estimate of drug-likeness (QED) is 0.672. The SMILES string of the molecule is CCCC12CCC(O)(CC1)CC2. The Labute approximate surface area is 75.2 Å². The summed E-state index contributed by atoms with van der Waals surface area (Å²) in [6.45, 7) is 2.28. The van der Waals surface area contributed by atoms with Gasteiger partial charge in [-0.15, -0.1) is 0 Å². The van der Waals surface area contributed by atoms with Crippen molar-refractivity contribution in [3.05, 3.63) is 0 Å². The van der Waals surface area contributed by atoms with Crippen LogP contribution in [0.4, 0.5) is 0 Å². The summed E-state index contributed by atoms with van der Waals surface area (Å²) < 4.78 is 0. The third-order valence-electron chi connectivity index (χ3n) is 4.14. The van der Waals surface area contributed by atoms with Crippen molar-refractivity contribution in [2.24, 2.45) is 5.41 Å². The summed E-state index contributed by atoms with van der Waals surface area (Å²) in [5, 5.41) is 10.0. The molecule has 0 aromatic heterocycles. The summed E-state index contributed by atoms with van der Waals surface area (Å²) in [4.78, 5) is 0. The molecule has 12 heavy (non-hydrogen) atoms. The van der Waals surface area contributed by atoms with E-state index in [2.05, 4.69) is 6.92 Å². The second-order valence-electron chi connectivity index (χ2n) is 4.97. The first-order chi connectivity index (χ1) is 5.68. The van der Waals surface area contributed by atoms with Crippen molar-refractivity contribution in [2.75, 3.05) is 0 Å². The zero-order chi connectivity index (χ0) is 8.66. The van der Waals surface area contributed by atoms with E-state index in [1.165, 1.54) is 32.1 Å². The predicted octanol–water partition coefficient (Wildman–Crippen LogP) is 2.87. The predicted molar refractivity (Wildman–Crippen MR) is 50.0 cm³/mol. The molecule has 3 fully saturated rings. The van der Waals surface area contributed by atoms with Crippen LogP contribution in [-0.4, -0.2) is 10.7 Å². The van der Waals surface area contributed by atoms with Crippen molar-refractivity contribution < 1.29 is 5.11 Å². The van der Waals surface area contributed by atoms with Gasteiger partial charge >= 0.3 is 0 Å². The minimum absolute atomic E-state index is 0.241. The highest BCUT2D eigenvalue weighted by Gasteiger charge is 2.46. The van der Waals surface area contributed by atoms with Crippen molar-refractivity contribution in [1.29, 1.82) is 0 Å². The highest BCUT2D eigenvalue weighted by atomic mass is 16.3. The summed E-state index contributed by atoms with van der Waals surface area (Å²) >= 11 is 0. The summed E-state index contributed by atoms with van der Waals surface area (Å²) in [5.74, 6) is 0. The number of aliphatic hydroxyl groups is 1. The van der Waals surface area contributed by atoms with Crippen molar-refractivity contribution >= 4 is 0 Å². The van der Waals surface area contributed by atoms with Crippen LogP contribution in [-0.2, 0) is 0 Å². The third-order valence-corrected chi connectivity index (χ3v) is 4.14. The molecule has 2 bridgehead atoms.